The molecular formula is C22H26N4O3. The fraction of sp³-hybridized carbons (Fsp3) is 0.364. The number of carboxylic acid groups (broad SMARTS) is 1. The van der Waals surface area contributed by atoms with Gasteiger partial charge in [0.05, 0.1) is 22.8 Å². The Morgan fingerprint density at radius 1 is 1.24 bits per heavy atom. The molecule has 0 atom stereocenters. The van der Waals surface area contributed by atoms with Crippen molar-refractivity contribution in [1.29, 1.82) is 0 Å². The van der Waals surface area contributed by atoms with Crippen molar-refractivity contribution in [1.82, 2.24) is 19.7 Å². The van der Waals surface area contributed by atoms with E-state index in [1.54, 1.807) is 16.9 Å². The molecule has 0 aliphatic rings. The molecule has 152 valence electrons. The van der Waals surface area contributed by atoms with Crippen LogP contribution in [0, 0.1) is 6.92 Å². The summed E-state index contributed by atoms with van der Waals surface area (Å²) >= 11 is 0. The topological polar surface area (TPSA) is 88.3 Å². The molecule has 0 bridgehead atoms. The number of rotatable bonds is 7. The van der Waals surface area contributed by atoms with E-state index in [-0.39, 0.29) is 18.5 Å². The molecule has 0 radical (unpaired) electrons. The number of pyridine rings is 1. The highest BCUT2D eigenvalue weighted by molar-refractivity contribution is 6.07. The Balaban J connectivity index is 2.23. The van der Waals surface area contributed by atoms with Gasteiger partial charge in [-0.05, 0) is 38.8 Å². The summed E-state index contributed by atoms with van der Waals surface area (Å²) in [6, 6.07) is 9.68. The molecule has 0 spiro atoms. The van der Waals surface area contributed by atoms with E-state index in [1.807, 2.05) is 52.0 Å². The molecule has 0 fully saturated rings. The van der Waals surface area contributed by atoms with E-state index >= 15 is 0 Å². The van der Waals surface area contributed by atoms with E-state index in [9.17, 15) is 14.7 Å². The summed E-state index contributed by atoms with van der Waals surface area (Å²) in [4.78, 5) is 30.8. The number of carboxylic acids is 1. The number of aliphatic carboxylic acids is 1. The third-order valence-corrected chi connectivity index (χ3v) is 4.81. The Kier molecular flexibility index (Phi) is 5.96. The molecule has 0 unspecified atom stereocenters. The van der Waals surface area contributed by atoms with Crippen molar-refractivity contribution < 1.29 is 14.7 Å². The number of aryl methyl sites for hydroxylation is 1. The quantitative estimate of drug-likeness (QED) is 0.656. The fourth-order valence-electron chi connectivity index (χ4n) is 3.43. The van der Waals surface area contributed by atoms with Crippen molar-refractivity contribution in [3.8, 4) is 11.3 Å². The second-order valence-electron chi connectivity index (χ2n) is 7.41. The predicted molar refractivity (Wildman–Crippen MR) is 112 cm³/mol. The molecule has 2 heterocycles. The van der Waals surface area contributed by atoms with E-state index in [0.717, 1.165) is 11.1 Å². The highest BCUT2D eigenvalue weighted by Gasteiger charge is 2.24. The van der Waals surface area contributed by atoms with Crippen molar-refractivity contribution in [3.63, 3.8) is 0 Å². The Bertz CT molecular complexity index is 1060. The molecule has 3 rings (SSSR count). The molecule has 7 nitrogen and oxygen atoms in total. The van der Waals surface area contributed by atoms with Gasteiger partial charge in [0.1, 0.15) is 6.54 Å². The highest BCUT2D eigenvalue weighted by atomic mass is 16.4. The normalized spacial score (nSPS) is 11.2. The lowest BCUT2D eigenvalue weighted by Gasteiger charge is -2.21. The van der Waals surface area contributed by atoms with Crippen LogP contribution in [0.5, 0.6) is 0 Å². The molecule has 0 aliphatic heterocycles. The zero-order valence-electron chi connectivity index (χ0n) is 17.2. The fourth-order valence-corrected chi connectivity index (χ4v) is 3.43. The minimum Gasteiger partial charge on any atom is -0.480 e. The maximum Gasteiger partial charge on any atom is 0.323 e. The minimum atomic E-state index is -1.03. The Hall–Kier alpha value is -3.22. The monoisotopic (exact) mass is 394 g/mol. The lowest BCUT2D eigenvalue weighted by Crippen LogP contribution is -2.36. The number of carbonyl (C=O) groups excluding carboxylic acids is 1. The first kappa shape index (κ1) is 20.5. The van der Waals surface area contributed by atoms with E-state index in [4.69, 9.17) is 4.98 Å². The lowest BCUT2D eigenvalue weighted by atomic mass is 10.0. The van der Waals surface area contributed by atoms with Crippen LogP contribution in [0.2, 0.25) is 0 Å². The Morgan fingerprint density at radius 2 is 1.97 bits per heavy atom. The van der Waals surface area contributed by atoms with E-state index in [2.05, 4.69) is 5.10 Å². The number of hydrogen-bond acceptors (Lipinski definition) is 4. The smallest absolute Gasteiger partial charge is 0.323 e. The average Bonchev–Trinajstić information content (AvgIpc) is 3.10. The third-order valence-electron chi connectivity index (χ3n) is 4.81. The van der Waals surface area contributed by atoms with Crippen LogP contribution in [0.3, 0.4) is 0 Å². The van der Waals surface area contributed by atoms with Crippen LogP contribution in [-0.4, -0.2) is 49.7 Å². The molecule has 3 aromatic rings. The van der Waals surface area contributed by atoms with Gasteiger partial charge in [-0.25, -0.2) is 9.67 Å². The van der Waals surface area contributed by atoms with Crippen LogP contribution in [0.4, 0.5) is 0 Å². The summed E-state index contributed by atoms with van der Waals surface area (Å²) in [5, 5.41) is 14.3. The molecule has 7 heteroatoms. The molecule has 2 aromatic heterocycles. The summed E-state index contributed by atoms with van der Waals surface area (Å²) < 4.78 is 1.79. The second-order valence-corrected chi connectivity index (χ2v) is 7.41. The van der Waals surface area contributed by atoms with Crippen LogP contribution in [-0.2, 0) is 4.79 Å². The Morgan fingerprint density at radius 3 is 2.59 bits per heavy atom. The van der Waals surface area contributed by atoms with Gasteiger partial charge in [0.15, 0.2) is 5.65 Å². The average molecular weight is 394 g/mol. The zero-order valence-corrected chi connectivity index (χ0v) is 17.2. The SMILES string of the molecule is CCCN(CC(=O)O)C(=O)c1cc(-c2ccccc2C)nc2c1cnn2C(C)C. The van der Waals surface area contributed by atoms with Gasteiger partial charge in [-0.15, -0.1) is 0 Å². The number of aromatic nitrogens is 3. The van der Waals surface area contributed by atoms with E-state index < -0.39 is 5.97 Å². The van der Waals surface area contributed by atoms with Gasteiger partial charge in [0, 0.05) is 18.2 Å². The number of amides is 1. The molecule has 0 saturated heterocycles. The van der Waals surface area contributed by atoms with Crippen molar-refractivity contribution in [2.45, 2.75) is 40.2 Å². The molecule has 1 N–H and O–H groups in total. The third kappa shape index (κ3) is 4.13. The summed E-state index contributed by atoms with van der Waals surface area (Å²) in [6.45, 7) is 7.95. The summed E-state index contributed by atoms with van der Waals surface area (Å²) in [7, 11) is 0. The van der Waals surface area contributed by atoms with Gasteiger partial charge < -0.3 is 10.0 Å². The van der Waals surface area contributed by atoms with Crippen molar-refractivity contribution >= 4 is 22.9 Å². The molecule has 0 aliphatic carbocycles. The van der Waals surface area contributed by atoms with Gasteiger partial charge in [-0.2, -0.15) is 5.10 Å². The first-order valence-electron chi connectivity index (χ1n) is 9.78. The number of carbonyl (C=O) groups is 2. The maximum atomic E-state index is 13.3. The van der Waals surface area contributed by atoms with E-state index in [1.165, 1.54) is 4.90 Å². The van der Waals surface area contributed by atoms with Gasteiger partial charge >= 0.3 is 5.97 Å². The number of fused-ring (bicyclic) bond motifs is 1. The van der Waals surface area contributed by atoms with Crippen LogP contribution in [0.1, 0.15) is 49.2 Å². The number of hydrogen-bond donors (Lipinski definition) is 1. The maximum absolute atomic E-state index is 13.3. The van der Waals surface area contributed by atoms with Gasteiger partial charge in [-0.3, -0.25) is 9.59 Å². The largest absolute Gasteiger partial charge is 0.480 e. The van der Waals surface area contributed by atoms with Crippen molar-refractivity contribution in [2.24, 2.45) is 0 Å². The second kappa shape index (κ2) is 8.43. The van der Waals surface area contributed by atoms with Gasteiger partial charge in [0.2, 0.25) is 0 Å². The van der Waals surface area contributed by atoms with Crippen LogP contribution in [0.25, 0.3) is 22.3 Å². The molecule has 0 saturated carbocycles. The highest BCUT2D eigenvalue weighted by Crippen LogP contribution is 2.29. The standard InChI is InChI=1S/C22H26N4O3/c1-5-10-25(13-20(27)28)22(29)17-11-19(16-9-7-6-8-15(16)4)24-21-18(17)12-23-26(21)14(2)3/h6-9,11-12,14H,5,10,13H2,1-4H3,(H,27,28). The van der Waals surface area contributed by atoms with Crippen LogP contribution in [0.15, 0.2) is 36.5 Å². The molecule has 1 amide bonds. The van der Waals surface area contributed by atoms with Gasteiger partial charge in [-0.1, -0.05) is 31.2 Å². The van der Waals surface area contributed by atoms with Crippen molar-refractivity contribution in [3.05, 3.63) is 47.7 Å². The number of benzene rings is 1. The Labute approximate surface area is 170 Å². The van der Waals surface area contributed by atoms with Crippen LogP contribution < -0.4 is 0 Å². The summed E-state index contributed by atoms with van der Waals surface area (Å²) in [5.41, 5.74) is 3.70. The summed E-state index contributed by atoms with van der Waals surface area (Å²) in [6.07, 6.45) is 2.31. The first-order valence-corrected chi connectivity index (χ1v) is 9.78. The van der Waals surface area contributed by atoms with E-state index in [0.29, 0.717) is 35.3 Å². The zero-order chi connectivity index (χ0) is 21.1. The minimum absolute atomic E-state index is 0.0702. The van der Waals surface area contributed by atoms with Crippen molar-refractivity contribution in [2.75, 3.05) is 13.1 Å². The lowest BCUT2D eigenvalue weighted by molar-refractivity contribution is -0.137. The molecular weight excluding hydrogens is 368 g/mol. The van der Waals surface area contributed by atoms with Crippen LogP contribution >= 0.6 is 0 Å². The summed E-state index contributed by atoms with van der Waals surface area (Å²) in [5.74, 6) is -1.35. The first-order chi connectivity index (χ1) is 13.8. The van der Waals surface area contributed by atoms with Gasteiger partial charge in [0.25, 0.3) is 5.91 Å². The molecule has 29 heavy (non-hydrogen) atoms. The molecule has 1 aromatic carbocycles. The predicted octanol–water partition coefficient (Wildman–Crippen LogP) is 3.92. The number of nitrogens with zero attached hydrogens (tertiary/aromatic N) is 4.